The van der Waals surface area contributed by atoms with Crippen molar-refractivity contribution in [3.8, 4) is 16.9 Å². The number of nitrogens with one attached hydrogen (secondary N) is 1. The summed E-state index contributed by atoms with van der Waals surface area (Å²) in [4.78, 5) is 25.2. The molecule has 0 spiro atoms. The fourth-order valence-corrected chi connectivity index (χ4v) is 5.00. The van der Waals surface area contributed by atoms with Gasteiger partial charge in [-0.3, -0.25) is 4.79 Å². The van der Waals surface area contributed by atoms with E-state index in [9.17, 15) is 19.1 Å². The van der Waals surface area contributed by atoms with Gasteiger partial charge in [-0.05, 0) is 72.4 Å². The maximum absolute atomic E-state index is 14.3. The summed E-state index contributed by atoms with van der Waals surface area (Å²) in [5, 5.41) is 12.8. The molecule has 0 saturated carbocycles. The molecule has 0 radical (unpaired) electrons. The van der Waals surface area contributed by atoms with E-state index in [0.717, 1.165) is 41.2 Å². The number of carboxylic acid groups (broad SMARTS) is 1. The fraction of sp³-hybridized carbons (Fsp3) is 0.188. The Morgan fingerprint density at radius 1 is 1.00 bits per heavy atom. The number of ether oxygens (including phenoxy) is 1. The third-order valence-electron chi connectivity index (χ3n) is 6.86. The second-order valence-corrected chi connectivity index (χ2v) is 9.60. The first-order chi connectivity index (χ1) is 18.4. The summed E-state index contributed by atoms with van der Waals surface area (Å²) in [6.07, 6.45) is 1.79. The quantitative estimate of drug-likeness (QED) is 0.294. The molecular formula is C32H28FNO4. The minimum Gasteiger partial charge on any atom is -0.491 e. The number of fused-ring (bicyclic) bond motifs is 1. The molecule has 5 rings (SSSR count). The van der Waals surface area contributed by atoms with Crippen LogP contribution in [0.15, 0.2) is 84.9 Å². The number of hydrogen-bond acceptors (Lipinski definition) is 3. The zero-order valence-electron chi connectivity index (χ0n) is 21.0. The molecule has 1 atom stereocenters. The number of halogens is 1. The van der Waals surface area contributed by atoms with E-state index in [1.54, 1.807) is 6.07 Å². The molecule has 1 aliphatic heterocycles. The van der Waals surface area contributed by atoms with Gasteiger partial charge in [0.15, 0.2) is 0 Å². The predicted molar refractivity (Wildman–Crippen MR) is 145 cm³/mol. The summed E-state index contributed by atoms with van der Waals surface area (Å²) in [5.74, 6) is -1.40. The molecule has 1 amide bonds. The van der Waals surface area contributed by atoms with E-state index in [-0.39, 0.29) is 29.4 Å². The van der Waals surface area contributed by atoms with Crippen LogP contribution in [0.5, 0.6) is 5.75 Å². The number of hydrogen-bond donors (Lipinski definition) is 2. The number of carboxylic acids is 1. The van der Waals surface area contributed by atoms with Crippen molar-refractivity contribution in [2.75, 3.05) is 11.9 Å². The molecule has 1 unspecified atom stereocenters. The number of aromatic carboxylic acids is 1. The maximum atomic E-state index is 14.3. The molecule has 5 nitrogen and oxygen atoms in total. The van der Waals surface area contributed by atoms with Gasteiger partial charge in [-0.1, -0.05) is 60.2 Å². The van der Waals surface area contributed by atoms with E-state index in [1.165, 1.54) is 12.1 Å². The normalized spacial score (nSPS) is 14.6. The molecule has 6 heteroatoms. The number of amides is 1. The Bertz CT molecular complexity index is 1480. The average molecular weight is 510 g/mol. The summed E-state index contributed by atoms with van der Waals surface area (Å²) in [6.45, 7) is 2.47. The lowest BCUT2D eigenvalue weighted by Gasteiger charge is -2.22. The minimum absolute atomic E-state index is 0.0194. The Morgan fingerprint density at radius 3 is 2.50 bits per heavy atom. The van der Waals surface area contributed by atoms with Crippen molar-refractivity contribution in [1.29, 1.82) is 0 Å². The first-order valence-corrected chi connectivity index (χ1v) is 12.6. The summed E-state index contributed by atoms with van der Waals surface area (Å²) in [7, 11) is 0. The lowest BCUT2D eigenvalue weighted by molar-refractivity contribution is -0.115. The standard InChI is InChI=1S/C32H28FNO4/c1-20-9-11-21(12-10-20)16-30(35)34-29-18-23(27-19-24(33)13-14-26(27)32(36)37)17-28-25(8-5-15-38-31(28)29)22-6-3-2-4-7-22/h2-4,6-7,9-14,17-19,25H,5,8,15-16H2,1H3,(H,34,35)(H,36,37). The molecule has 1 aliphatic rings. The third-order valence-corrected chi connectivity index (χ3v) is 6.86. The highest BCUT2D eigenvalue weighted by molar-refractivity contribution is 5.98. The second-order valence-electron chi connectivity index (χ2n) is 9.60. The van der Waals surface area contributed by atoms with E-state index in [4.69, 9.17) is 4.74 Å². The van der Waals surface area contributed by atoms with Crippen LogP contribution in [0.3, 0.4) is 0 Å². The van der Waals surface area contributed by atoms with Crippen LogP contribution >= 0.6 is 0 Å². The summed E-state index contributed by atoms with van der Waals surface area (Å²) < 4.78 is 20.5. The second kappa shape index (κ2) is 10.9. The predicted octanol–water partition coefficient (Wildman–Crippen LogP) is 6.99. The van der Waals surface area contributed by atoms with Crippen molar-refractivity contribution < 1.29 is 23.8 Å². The van der Waals surface area contributed by atoms with Gasteiger partial charge in [-0.15, -0.1) is 0 Å². The van der Waals surface area contributed by atoms with Crippen molar-refractivity contribution in [1.82, 2.24) is 0 Å². The van der Waals surface area contributed by atoms with Crippen LogP contribution in [-0.4, -0.2) is 23.6 Å². The highest BCUT2D eigenvalue weighted by Crippen LogP contribution is 2.45. The molecule has 1 heterocycles. The van der Waals surface area contributed by atoms with E-state index in [0.29, 0.717) is 23.6 Å². The number of aryl methyl sites for hydroxylation is 1. The van der Waals surface area contributed by atoms with Crippen molar-refractivity contribution in [2.45, 2.75) is 32.1 Å². The monoisotopic (exact) mass is 509 g/mol. The van der Waals surface area contributed by atoms with Gasteiger partial charge in [-0.2, -0.15) is 0 Å². The van der Waals surface area contributed by atoms with Crippen molar-refractivity contribution in [3.05, 3.63) is 119 Å². The Hall–Kier alpha value is -4.45. The van der Waals surface area contributed by atoms with Gasteiger partial charge in [-0.25, -0.2) is 9.18 Å². The van der Waals surface area contributed by atoms with Gasteiger partial charge in [0.05, 0.1) is 24.3 Å². The van der Waals surface area contributed by atoms with Crippen molar-refractivity contribution >= 4 is 17.6 Å². The molecule has 192 valence electrons. The topological polar surface area (TPSA) is 75.6 Å². The molecule has 38 heavy (non-hydrogen) atoms. The summed E-state index contributed by atoms with van der Waals surface area (Å²) in [5.41, 5.74) is 5.06. The minimum atomic E-state index is -1.16. The van der Waals surface area contributed by atoms with Crippen LogP contribution in [0.4, 0.5) is 10.1 Å². The zero-order valence-corrected chi connectivity index (χ0v) is 21.0. The van der Waals surface area contributed by atoms with E-state index in [1.807, 2.05) is 67.6 Å². The Labute approximate surface area is 220 Å². The smallest absolute Gasteiger partial charge is 0.336 e. The van der Waals surface area contributed by atoms with E-state index < -0.39 is 11.8 Å². The largest absolute Gasteiger partial charge is 0.491 e. The summed E-state index contributed by atoms with van der Waals surface area (Å²) >= 11 is 0. The fourth-order valence-electron chi connectivity index (χ4n) is 5.00. The van der Waals surface area contributed by atoms with Gasteiger partial charge in [0.1, 0.15) is 11.6 Å². The molecule has 0 aromatic heterocycles. The zero-order chi connectivity index (χ0) is 26.6. The van der Waals surface area contributed by atoms with Gasteiger partial charge in [0, 0.05) is 11.5 Å². The number of carbonyl (C=O) groups excluding carboxylic acids is 1. The molecule has 4 aromatic carbocycles. The lowest BCUT2D eigenvalue weighted by Crippen LogP contribution is -2.16. The first kappa shape index (κ1) is 25.2. The molecule has 0 bridgehead atoms. The highest BCUT2D eigenvalue weighted by atomic mass is 19.1. The lowest BCUT2D eigenvalue weighted by atomic mass is 9.85. The van der Waals surface area contributed by atoms with E-state index in [2.05, 4.69) is 5.32 Å². The van der Waals surface area contributed by atoms with Gasteiger partial charge in [0.2, 0.25) is 5.91 Å². The molecule has 0 aliphatic carbocycles. The third kappa shape index (κ3) is 5.44. The highest BCUT2D eigenvalue weighted by Gasteiger charge is 2.27. The van der Waals surface area contributed by atoms with Crippen LogP contribution in [0, 0.1) is 12.7 Å². The average Bonchev–Trinajstić information content (AvgIpc) is 3.13. The van der Waals surface area contributed by atoms with Crippen molar-refractivity contribution in [3.63, 3.8) is 0 Å². The van der Waals surface area contributed by atoms with Crippen LogP contribution < -0.4 is 10.1 Å². The number of anilines is 1. The van der Waals surface area contributed by atoms with Gasteiger partial charge in [0.25, 0.3) is 0 Å². The van der Waals surface area contributed by atoms with E-state index >= 15 is 0 Å². The molecule has 0 fully saturated rings. The van der Waals surface area contributed by atoms with Crippen LogP contribution in [0.2, 0.25) is 0 Å². The molecule has 0 saturated heterocycles. The Balaban J connectivity index is 1.64. The maximum Gasteiger partial charge on any atom is 0.336 e. The summed E-state index contributed by atoms with van der Waals surface area (Å²) in [6, 6.07) is 24.9. The van der Waals surface area contributed by atoms with Crippen LogP contribution in [-0.2, 0) is 11.2 Å². The Morgan fingerprint density at radius 2 is 1.76 bits per heavy atom. The van der Waals surface area contributed by atoms with Crippen LogP contribution in [0.25, 0.3) is 11.1 Å². The molecule has 2 N–H and O–H groups in total. The molecular weight excluding hydrogens is 481 g/mol. The van der Waals surface area contributed by atoms with Crippen LogP contribution in [0.1, 0.15) is 51.4 Å². The SMILES string of the molecule is Cc1ccc(CC(=O)Nc2cc(-c3cc(F)ccc3C(=O)O)cc3c2OCCCC3c2ccccc2)cc1. The number of benzene rings is 4. The Kier molecular flexibility index (Phi) is 7.22. The molecule has 4 aromatic rings. The van der Waals surface area contributed by atoms with Gasteiger partial charge >= 0.3 is 5.97 Å². The van der Waals surface area contributed by atoms with Crippen molar-refractivity contribution in [2.24, 2.45) is 0 Å². The van der Waals surface area contributed by atoms with Gasteiger partial charge < -0.3 is 15.2 Å². The number of rotatable bonds is 6. The first-order valence-electron chi connectivity index (χ1n) is 12.6. The number of carbonyl (C=O) groups is 2.